The van der Waals surface area contributed by atoms with Crippen molar-refractivity contribution in [3.63, 3.8) is 0 Å². The highest BCUT2D eigenvalue weighted by Gasteiger charge is 2.04. The van der Waals surface area contributed by atoms with E-state index in [0.717, 1.165) is 24.0 Å². The smallest absolute Gasteiger partial charge is 0.188 e. The number of hydrogen-bond acceptors (Lipinski definition) is 3. The van der Waals surface area contributed by atoms with Crippen molar-refractivity contribution in [2.75, 3.05) is 27.3 Å². The lowest BCUT2D eigenvalue weighted by molar-refractivity contribution is 0.354. The number of halogens is 3. The zero-order valence-electron chi connectivity index (χ0n) is 15.3. The van der Waals surface area contributed by atoms with E-state index in [-0.39, 0.29) is 29.8 Å². The number of nitrogens with zero attached hydrogens (tertiary/aromatic N) is 1. The van der Waals surface area contributed by atoms with Gasteiger partial charge in [0.1, 0.15) is 5.82 Å². The van der Waals surface area contributed by atoms with Gasteiger partial charge < -0.3 is 20.5 Å². The van der Waals surface area contributed by atoms with Crippen molar-refractivity contribution in [2.24, 2.45) is 10.7 Å². The Morgan fingerprint density at radius 3 is 2.41 bits per heavy atom. The molecule has 0 aliphatic heterocycles. The summed E-state index contributed by atoms with van der Waals surface area (Å²) in [7, 11) is 3.22. The fourth-order valence-electron chi connectivity index (χ4n) is 2.43. The summed E-state index contributed by atoms with van der Waals surface area (Å²) in [6, 6.07) is 10.8. The van der Waals surface area contributed by atoms with Crippen molar-refractivity contribution in [1.29, 1.82) is 0 Å². The second kappa shape index (κ2) is 12.0. The van der Waals surface area contributed by atoms with Crippen molar-refractivity contribution in [3.05, 3.63) is 57.8 Å². The van der Waals surface area contributed by atoms with Crippen molar-refractivity contribution in [2.45, 2.75) is 12.8 Å². The molecule has 0 saturated carbocycles. The molecule has 8 heteroatoms. The molecule has 0 bridgehead atoms. The molecule has 5 nitrogen and oxygen atoms in total. The van der Waals surface area contributed by atoms with Gasteiger partial charge in [-0.1, -0.05) is 12.1 Å². The van der Waals surface area contributed by atoms with Gasteiger partial charge in [-0.15, -0.1) is 24.0 Å². The van der Waals surface area contributed by atoms with Gasteiger partial charge in [0.2, 0.25) is 0 Å². The van der Waals surface area contributed by atoms with Crippen LogP contribution in [0.5, 0.6) is 11.5 Å². The third kappa shape index (κ3) is 7.53. The van der Waals surface area contributed by atoms with Crippen LogP contribution in [-0.4, -0.2) is 33.3 Å². The summed E-state index contributed by atoms with van der Waals surface area (Å²) < 4.78 is 24.2. The summed E-state index contributed by atoms with van der Waals surface area (Å²) in [4.78, 5) is 4.32. The predicted molar refractivity (Wildman–Crippen MR) is 121 cm³/mol. The molecule has 0 aliphatic rings. The number of methoxy groups -OCH3 is 2. The minimum absolute atomic E-state index is 0. The Labute approximate surface area is 184 Å². The molecule has 0 fully saturated rings. The first kappa shape index (κ1) is 23.5. The van der Waals surface area contributed by atoms with Crippen LogP contribution in [0.1, 0.15) is 11.1 Å². The molecular weight excluding hydrogens is 528 g/mol. The first-order valence-electron chi connectivity index (χ1n) is 8.22. The second-order valence-electron chi connectivity index (χ2n) is 5.63. The number of ether oxygens (including phenoxy) is 2. The molecule has 27 heavy (non-hydrogen) atoms. The number of nitrogens with two attached hydrogens (primary N) is 1. The van der Waals surface area contributed by atoms with Gasteiger partial charge in [0, 0.05) is 13.1 Å². The summed E-state index contributed by atoms with van der Waals surface area (Å²) in [5.41, 5.74) is 7.99. The molecule has 0 aliphatic carbocycles. The highest BCUT2D eigenvalue weighted by Crippen LogP contribution is 2.27. The summed E-state index contributed by atoms with van der Waals surface area (Å²) in [5, 5.41) is 3.07. The molecule has 0 aromatic heterocycles. The lowest BCUT2D eigenvalue weighted by Crippen LogP contribution is -2.33. The molecule has 0 spiro atoms. The molecule has 2 aromatic carbocycles. The van der Waals surface area contributed by atoms with Crippen molar-refractivity contribution in [3.8, 4) is 11.5 Å². The predicted octanol–water partition coefficient (Wildman–Crippen LogP) is 3.91. The summed E-state index contributed by atoms with van der Waals surface area (Å²) >= 11 is 3.18. The van der Waals surface area contributed by atoms with Crippen LogP contribution in [0, 0.1) is 5.82 Å². The Kier molecular flexibility index (Phi) is 10.5. The Balaban J connectivity index is 0.00000364. The highest BCUT2D eigenvalue weighted by molar-refractivity contribution is 14.0. The van der Waals surface area contributed by atoms with Gasteiger partial charge in [-0.3, -0.25) is 4.99 Å². The van der Waals surface area contributed by atoms with Gasteiger partial charge in [-0.25, -0.2) is 4.39 Å². The Bertz CT molecular complexity index is 775. The lowest BCUT2D eigenvalue weighted by Gasteiger charge is -2.09. The van der Waals surface area contributed by atoms with Crippen LogP contribution in [0.4, 0.5) is 4.39 Å². The maximum absolute atomic E-state index is 13.2. The number of guanidine groups is 1. The number of nitrogens with one attached hydrogen (secondary N) is 1. The molecule has 0 amide bonds. The number of rotatable bonds is 8. The molecule has 0 heterocycles. The van der Waals surface area contributed by atoms with Gasteiger partial charge in [0.15, 0.2) is 17.5 Å². The number of benzene rings is 2. The number of aliphatic imine (C=N–C) groups is 1. The fraction of sp³-hybridized carbons (Fsp3) is 0.316. The minimum Gasteiger partial charge on any atom is -0.493 e. The van der Waals surface area contributed by atoms with Crippen LogP contribution in [0.2, 0.25) is 0 Å². The maximum atomic E-state index is 13.2. The zero-order chi connectivity index (χ0) is 18.9. The fourth-order valence-corrected chi connectivity index (χ4v) is 2.85. The van der Waals surface area contributed by atoms with E-state index in [1.54, 1.807) is 26.4 Å². The average molecular weight is 552 g/mol. The molecular formula is C19H24BrFIN3O2. The molecule has 0 saturated heterocycles. The van der Waals surface area contributed by atoms with Crippen LogP contribution < -0.4 is 20.5 Å². The number of hydrogen-bond donors (Lipinski definition) is 2. The van der Waals surface area contributed by atoms with Gasteiger partial charge in [0.25, 0.3) is 0 Å². The van der Waals surface area contributed by atoms with E-state index in [1.165, 1.54) is 6.07 Å². The van der Waals surface area contributed by atoms with Gasteiger partial charge in [0.05, 0.1) is 18.7 Å². The highest BCUT2D eigenvalue weighted by atomic mass is 127. The van der Waals surface area contributed by atoms with Crippen LogP contribution in [0.3, 0.4) is 0 Å². The first-order chi connectivity index (χ1) is 12.5. The van der Waals surface area contributed by atoms with E-state index in [0.29, 0.717) is 35.0 Å². The van der Waals surface area contributed by atoms with E-state index in [9.17, 15) is 4.39 Å². The Hall–Kier alpha value is -1.55. The molecule has 0 atom stereocenters. The average Bonchev–Trinajstić information content (AvgIpc) is 2.64. The quantitative estimate of drug-likeness (QED) is 0.296. The Morgan fingerprint density at radius 1 is 1.07 bits per heavy atom. The Morgan fingerprint density at radius 2 is 1.74 bits per heavy atom. The van der Waals surface area contributed by atoms with Gasteiger partial charge in [-0.2, -0.15) is 0 Å². The lowest BCUT2D eigenvalue weighted by atomic mass is 10.1. The third-order valence-electron chi connectivity index (χ3n) is 3.83. The van der Waals surface area contributed by atoms with Gasteiger partial charge >= 0.3 is 0 Å². The molecule has 0 unspecified atom stereocenters. The topological polar surface area (TPSA) is 68.9 Å². The van der Waals surface area contributed by atoms with Crippen LogP contribution in [0.15, 0.2) is 45.9 Å². The van der Waals surface area contributed by atoms with Crippen LogP contribution in [0.25, 0.3) is 0 Å². The SMILES string of the molecule is COc1ccc(CCN=C(N)NCCc2ccc(F)c(Br)c2)cc1OC.I. The van der Waals surface area contributed by atoms with Gasteiger partial charge in [-0.05, 0) is 64.2 Å². The van der Waals surface area contributed by atoms with E-state index >= 15 is 0 Å². The zero-order valence-corrected chi connectivity index (χ0v) is 19.2. The monoisotopic (exact) mass is 551 g/mol. The van der Waals surface area contributed by atoms with Crippen LogP contribution >= 0.6 is 39.9 Å². The van der Waals surface area contributed by atoms with E-state index in [2.05, 4.69) is 26.2 Å². The van der Waals surface area contributed by atoms with Crippen molar-refractivity contribution >= 4 is 45.9 Å². The first-order valence-corrected chi connectivity index (χ1v) is 9.01. The largest absolute Gasteiger partial charge is 0.493 e. The molecule has 2 rings (SSSR count). The molecule has 148 valence electrons. The maximum Gasteiger partial charge on any atom is 0.188 e. The second-order valence-corrected chi connectivity index (χ2v) is 6.49. The minimum atomic E-state index is -0.266. The van der Waals surface area contributed by atoms with E-state index in [4.69, 9.17) is 15.2 Å². The molecule has 2 aromatic rings. The van der Waals surface area contributed by atoms with E-state index < -0.39 is 0 Å². The normalized spacial score (nSPS) is 10.9. The standard InChI is InChI=1S/C19H23BrFN3O2.HI/c1-25-17-6-4-14(12-18(17)26-2)8-10-24-19(22)23-9-7-13-3-5-16(21)15(20)11-13;/h3-6,11-12H,7-10H2,1-2H3,(H3,22,23,24);1H. The third-order valence-corrected chi connectivity index (χ3v) is 4.44. The van der Waals surface area contributed by atoms with E-state index in [1.807, 2.05) is 18.2 Å². The van der Waals surface area contributed by atoms with Crippen LogP contribution in [-0.2, 0) is 12.8 Å². The van der Waals surface area contributed by atoms with Crippen molar-refractivity contribution in [1.82, 2.24) is 5.32 Å². The summed E-state index contributed by atoms with van der Waals surface area (Å²) in [6.45, 7) is 1.19. The molecule has 0 radical (unpaired) electrons. The summed E-state index contributed by atoms with van der Waals surface area (Å²) in [6.07, 6.45) is 1.47. The van der Waals surface area contributed by atoms with Crippen molar-refractivity contribution < 1.29 is 13.9 Å². The molecule has 3 N–H and O–H groups in total. The summed E-state index contributed by atoms with van der Waals surface area (Å²) in [5.74, 6) is 1.53.